The summed E-state index contributed by atoms with van der Waals surface area (Å²) in [5.41, 5.74) is 2.78. The van der Waals surface area contributed by atoms with E-state index in [0.717, 1.165) is 6.54 Å². The summed E-state index contributed by atoms with van der Waals surface area (Å²) in [5, 5.41) is 3.49. The lowest BCUT2D eigenvalue weighted by molar-refractivity contribution is 0.533. The van der Waals surface area contributed by atoms with Gasteiger partial charge in [0, 0.05) is 12.6 Å². The van der Waals surface area contributed by atoms with Gasteiger partial charge in [-0.15, -0.1) is 0 Å². The molecule has 0 aliphatic carbocycles. The molecule has 0 spiro atoms. The molecule has 0 aliphatic heterocycles. The van der Waals surface area contributed by atoms with E-state index in [1.807, 2.05) is 0 Å². The van der Waals surface area contributed by atoms with E-state index in [9.17, 15) is 0 Å². The predicted octanol–water partition coefficient (Wildman–Crippen LogP) is 2.88. The molecular formula is C12H19N. The first-order valence-corrected chi connectivity index (χ1v) is 5.02. The third-order valence-electron chi connectivity index (χ3n) is 2.51. The van der Waals surface area contributed by atoms with Crippen molar-refractivity contribution < 1.29 is 0 Å². The summed E-state index contributed by atoms with van der Waals surface area (Å²) in [7, 11) is 0. The van der Waals surface area contributed by atoms with Crippen LogP contribution in [0.25, 0.3) is 0 Å². The van der Waals surface area contributed by atoms with Crippen molar-refractivity contribution in [1.29, 1.82) is 0 Å². The summed E-state index contributed by atoms with van der Waals surface area (Å²) in [4.78, 5) is 0. The summed E-state index contributed by atoms with van der Waals surface area (Å²) in [6.07, 6.45) is 1.19. The second-order valence-electron chi connectivity index (χ2n) is 3.62. The van der Waals surface area contributed by atoms with Crippen molar-refractivity contribution in [3.8, 4) is 0 Å². The van der Waals surface area contributed by atoms with E-state index in [-0.39, 0.29) is 0 Å². The highest BCUT2D eigenvalue weighted by atomic mass is 14.9. The highest BCUT2D eigenvalue weighted by molar-refractivity contribution is 5.25. The molecule has 72 valence electrons. The van der Waals surface area contributed by atoms with Crippen molar-refractivity contribution in [2.45, 2.75) is 39.8 Å². The average Bonchev–Trinajstić information content (AvgIpc) is 2.16. The molecule has 0 saturated heterocycles. The van der Waals surface area contributed by atoms with E-state index in [0.29, 0.717) is 6.04 Å². The van der Waals surface area contributed by atoms with E-state index < -0.39 is 0 Å². The van der Waals surface area contributed by atoms with Gasteiger partial charge >= 0.3 is 0 Å². The van der Waals surface area contributed by atoms with Crippen LogP contribution in [0.1, 0.15) is 31.4 Å². The fourth-order valence-electron chi connectivity index (χ4n) is 1.24. The van der Waals surface area contributed by atoms with E-state index in [1.54, 1.807) is 0 Å². The Morgan fingerprint density at radius 1 is 1.31 bits per heavy atom. The van der Waals surface area contributed by atoms with Crippen molar-refractivity contribution in [1.82, 2.24) is 5.32 Å². The van der Waals surface area contributed by atoms with Crippen LogP contribution in [0, 0.1) is 6.92 Å². The van der Waals surface area contributed by atoms with Gasteiger partial charge in [0.1, 0.15) is 0 Å². The van der Waals surface area contributed by atoms with Crippen LogP contribution in [-0.4, -0.2) is 6.04 Å². The van der Waals surface area contributed by atoms with Gasteiger partial charge in [-0.25, -0.2) is 0 Å². The molecule has 1 atom stereocenters. The van der Waals surface area contributed by atoms with Crippen LogP contribution in [0.2, 0.25) is 0 Å². The molecule has 1 rings (SSSR count). The summed E-state index contributed by atoms with van der Waals surface area (Å²) in [6, 6.07) is 9.14. The summed E-state index contributed by atoms with van der Waals surface area (Å²) < 4.78 is 0. The molecule has 0 saturated carbocycles. The van der Waals surface area contributed by atoms with Gasteiger partial charge in [-0.2, -0.15) is 0 Å². The smallest absolute Gasteiger partial charge is 0.0210 e. The topological polar surface area (TPSA) is 12.0 Å². The highest BCUT2D eigenvalue weighted by Crippen LogP contribution is 2.06. The molecule has 1 N–H and O–H groups in total. The van der Waals surface area contributed by atoms with Gasteiger partial charge in [-0.05, 0) is 31.4 Å². The highest BCUT2D eigenvalue weighted by Gasteiger charge is 1.99. The van der Waals surface area contributed by atoms with Gasteiger partial charge < -0.3 is 5.32 Å². The molecule has 0 fully saturated rings. The lowest BCUT2D eigenvalue weighted by atomic mass is 10.1. The van der Waals surface area contributed by atoms with Crippen LogP contribution >= 0.6 is 0 Å². The Morgan fingerprint density at radius 2 is 2.00 bits per heavy atom. The van der Waals surface area contributed by atoms with Crippen molar-refractivity contribution in [3.63, 3.8) is 0 Å². The zero-order valence-electron chi connectivity index (χ0n) is 8.80. The molecule has 1 aromatic rings. The Bertz CT molecular complexity index is 255. The zero-order valence-corrected chi connectivity index (χ0v) is 8.80. The quantitative estimate of drug-likeness (QED) is 0.745. The van der Waals surface area contributed by atoms with Crippen LogP contribution < -0.4 is 5.32 Å². The second kappa shape index (κ2) is 5.03. The molecule has 0 bridgehead atoms. The normalized spacial score (nSPS) is 12.8. The van der Waals surface area contributed by atoms with Crippen molar-refractivity contribution in [3.05, 3.63) is 35.4 Å². The molecular weight excluding hydrogens is 158 g/mol. The fraction of sp³-hybridized carbons (Fsp3) is 0.500. The number of rotatable bonds is 4. The number of hydrogen-bond acceptors (Lipinski definition) is 1. The molecule has 0 amide bonds. The Hall–Kier alpha value is -0.820. The van der Waals surface area contributed by atoms with Gasteiger partial charge in [-0.3, -0.25) is 0 Å². The maximum absolute atomic E-state index is 3.49. The SMILES string of the molecule is CC[C@H](C)NCc1ccccc1C. The third-order valence-corrected chi connectivity index (χ3v) is 2.51. The molecule has 0 aliphatic rings. The Kier molecular flexibility index (Phi) is 3.97. The monoisotopic (exact) mass is 177 g/mol. The summed E-state index contributed by atoms with van der Waals surface area (Å²) in [6.45, 7) is 7.57. The van der Waals surface area contributed by atoms with E-state index in [2.05, 4.69) is 50.4 Å². The third kappa shape index (κ3) is 3.19. The van der Waals surface area contributed by atoms with Crippen LogP contribution in [0.4, 0.5) is 0 Å². The Morgan fingerprint density at radius 3 is 2.62 bits per heavy atom. The van der Waals surface area contributed by atoms with E-state index in [4.69, 9.17) is 0 Å². The largest absolute Gasteiger partial charge is 0.310 e. The van der Waals surface area contributed by atoms with Crippen molar-refractivity contribution in [2.75, 3.05) is 0 Å². The number of benzene rings is 1. The summed E-state index contributed by atoms with van der Waals surface area (Å²) in [5.74, 6) is 0. The van der Waals surface area contributed by atoms with Crippen LogP contribution in [0.15, 0.2) is 24.3 Å². The van der Waals surface area contributed by atoms with E-state index in [1.165, 1.54) is 17.5 Å². The van der Waals surface area contributed by atoms with Gasteiger partial charge in [0.15, 0.2) is 0 Å². The lowest BCUT2D eigenvalue weighted by Crippen LogP contribution is -2.24. The van der Waals surface area contributed by atoms with Gasteiger partial charge in [0.2, 0.25) is 0 Å². The van der Waals surface area contributed by atoms with Gasteiger partial charge in [0.05, 0.1) is 0 Å². The maximum atomic E-state index is 3.49. The first-order chi connectivity index (χ1) is 6.24. The van der Waals surface area contributed by atoms with Gasteiger partial charge in [-0.1, -0.05) is 31.2 Å². The molecule has 0 heterocycles. The molecule has 0 aromatic heterocycles. The predicted molar refractivity (Wildman–Crippen MR) is 57.8 cm³/mol. The Balaban J connectivity index is 2.50. The van der Waals surface area contributed by atoms with Crippen molar-refractivity contribution >= 4 is 0 Å². The first kappa shape index (κ1) is 10.3. The molecule has 1 heteroatoms. The fourth-order valence-corrected chi connectivity index (χ4v) is 1.24. The number of nitrogens with one attached hydrogen (secondary N) is 1. The minimum absolute atomic E-state index is 0.611. The van der Waals surface area contributed by atoms with E-state index >= 15 is 0 Å². The summed E-state index contributed by atoms with van der Waals surface area (Å²) >= 11 is 0. The number of hydrogen-bond donors (Lipinski definition) is 1. The average molecular weight is 177 g/mol. The minimum atomic E-state index is 0.611. The molecule has 0 unspecified atom stereocenters. The lowest BCUT2D eigenvalue weighted by Gasteiger charge is -2.12. The molecule has 1 aromatic carbocycles. The van der Waals surface area contributed by atoms with Gasteiger partial charge in [0.25, 0.3) is 0 Å². The molecule has 1 nitrogen and oxygen atoms in total. The first-order valence-electron chi connectivity index (χ1n) is 5.02. The number of aryl methyl sites for hydroxylation is 1. The molecule has 13 heavy (non-hydrogen) atoms. The van der Waals surface area contributed by atoms with Crippen LogP contribution in [-0.2, 0) is 6.54 Å². The Labute approximate surface area is 81.2 Å². The second-order valence-corrected chi connectivity index (χ2v) is 3.62. The minimum Gasteiger partial charge on any atom is -0.310 e. The standard InChI is InChI=1S/C12H19N/c1-4-11(3)13-9-12-8-6-5-7-10(12)2/h5-8,11,13H,4,9H2,1-3H3/t11-/m0/s1. The van der Waals surface area contributed by atoms with Crippen LogP contribution in [0.3, 0.4) is 0 Å². The molecule has 0 radical (unpaired) electrons. The zero-order chi connectivity index (χ0) is 9.68. The maximum Gasteiger partial charge on any atom is 0.0210 e. The van der Waals surface area contributed by atoms with Crippen molar-refractivity contribution in [2.24, 2.45) is 0 Å². The van der Waals surface area contributed by atoms with Crippen LogP contribution in [0.5, 0.6) is 0 Å².